The number of benzene rings is 1. The van der Waals surface area contributed by atoms with E-state index in [0.29, 0.717) is 30.6 Å². The topological polar surface area (TPSA) is 95.0 Å². The summed E-state index contributed by atoms with van der Waals surface area (Å²) in [6.45, 7) is 3.76. The van der Waals surface area contributed by atoms with Crippen molar-refractivity contribution in [2.75, 3.05) is 42.2 Å². The molecular weight excluding hydrogens is 352 g/mol. The fourth-order valence-electron chi connectivity index (χ4n) is 2.57. The van der Waals surface area contributed by atoms with Gasteiger partial charge in [-0.2, -0.15) is 4.98 Å². The van der Waals surface area contributed by atoms with Crippen LogP contribution in [0.25, 0.3) is 10.9 Å². The Kier molecular flexibility index (Phi) is 6.04. The van der Waals surface area contributed by atoms with Crippen molar-refractivity contribution in [1.29, 1.82) is 0 Å². The third kappa shape index (κ3) is 4.71. The molecule has 0 unspecified atom stereocenters. The zero-order chi connectivity index (χ0) is 18.4. The van der Waals surface area contributed by atoms with Gasteiger partial charge in [0.15, 0.2) is 0 Å². The first-order valence-electron chi connectivity index (χ1n) is 8.38. The fraction of sp³-hybridized carbons (Fsp3) is 0.278. The highest BCUT2D eigenvalue weighted by Crippen LogP contribution is 2.24. The third-order valence-corrected chi connectivity index (χ3v) is 3.94. The Labute approximate surface area is 156 Å². The number of rotatable bonds is 8. The lowest BCUT2D eigenvalue weighted by molar-refractivity contribution is 0.311. The minimum absolute atomic E-state index is 0.0368. The Morgan fingerprint density at radius 2 is 1.85 bits per heavy atom. The van der Waals surface area contributed by atoms with Crippen LogP contribution in [0.1, 0.15) is 5.69 Å². The highest BCUT2D eigenvalue weighted by Gasteiger charge is 2.04. The second-order valence-corrected chi connectivity index (χ2v) is 6.18. The van der Waals surface area contributed by atoms with Crippen molar-refractivity contribution in [2.24, 2.45) is 0 Å². The van der Waals surface area contributed by atoms with Crippen LogP contribution in [0, 0.1) is 6.92 Å². The van der Waals surface area contributed by atoms with Crippen LogP contribution >= 0.6 is 11.6 Å². The molecule has 3 rings (SSSR count). The van der Waals surface area contributed by atoms with Gasteiger partial charge in [-0.25, -0.2) is 4.98 Å². The van der Waals surface area contributed by atoms with E-state index in [1.54, 1.807) is 6.20 Å². The number of anilines is 3. The van der Waals surface area contributed by atoms with Gasteiger partial charge in [0.05, 0.1) is 12.1 Å². The zero-order valence-corrected chi connectivity index (χ0v) is 15.2. The van der Waals surface area contributed by atoms with Crippen molar-refractivity contribution >= 4 is 40.0 Å². The number of hydrogen-bond donors (Lipinski definition) is 4. The number of nitrogens with one attached hydrogen (secondary N) is 3. The van der Waals surface area contributed by atoms with Crippen molar-refractivity contribution < 1.29 is 5.11 Å². The molecular formula is C18H21ClN6O. The van der Waals surface area contributed by atoms with Crippen molar-refractivity contribution in [2.45, 2.75) is 6.92 Å². The molecule has 2 heterocycles. The zero-order valence-electron chi connectivity index (χ0n) is 14.5. The molecule has 7 nitrogen and oxygen atoms in total. The molecule has 0 aliphatic carbocycles. The molecule has 0 atom stereocenters. The molecule has 136 valence electrons. The Morgan fingerprint density at radius 3 is 2.69 bits per heavy atom. The molecule has 0 saturated carbocycles. The van der Waals surface area contributed by atoms with Crippen LogP contribution in [0.5, 0.6) is 0 Å². The van der Waals surface area contributed by atoms with E-state index in [-0.39, 0.29) is 6.61 Å². The summed E-state index contributed by atoms with van der Waals surface area (Å²) >= 11 is 6.02. The summed E-state index contributed by atoms with van der Waals surface area (Å²) in [4.78, 5) is 13.0. The van der Waals surface area contributed by atoms with E-state index in [4.69, 9.17) is 16.7 Å². The standard InChI is InChI=1S/C18H21ClN6O/c1-12-10-17(25-18(24-12)23-8-9-26)22-7-6-21-15-4-5-20-16-11-13(19)2-3-14(15)16/h2-5,10-11,26H,6-9H2,1H3,(H,20,21)(H2,22,23,24,25). The van der Waals surface area contributed by atoms with E-state index in [1.807, 2.05) is 37.3 Å². The summed E-state index contributed by atoms with van der Waals surface area (Å²) in [5.74, 6) is 1.25. The molecule has 3 aromatic rings. The first-order valence-corrected chi connectivity index (χ1v) is 8.76. The minimum Gasteiger partial charge on any atom is -0.395 e. The second-order valence-electron chi connectivity index (χ2n) is 5.74. The van der Waals surface area contributed by atoms with E-state index in [0.717, 1.165) is 28.1 Å². The van der Waals surface area contributed by atoms with Crippen LogP contribution in [0.2, 0.25) is 5.02 Å². The maximum absolute atomic E-state index is 8.88. The first kappa shape index (κ1) is 18.2. The molecule has 8 heteroatoms. The van der Waals surface area contributed by atoms with Gasteiger partial charge in [-0.1, -0.05) is 11.6 Å². The van der Waals surface area contributed by atoms with E-state index in [1.165, 1.54) is 0 Å². The van der Waals surface area contributed by atoms with Gasteiger partial charge in [0.2, 0.25) is 5.95 Å². The lowest BCUT2D eigenvalue weighted by atomic mass is 10.2. The predicted octanol–water partition coefficient (Wildman–Crippen LogP) is 2.91. The van der Waals surface area contributed by atoms with E-state index in [9.17, 15) is 0 Å². The van der Waals surface area contributed by atoms with Gasteiger partial charge in [0.1, 0.15) is 5.82 Å². The number of aromatic nitrogens is 3. The van der Waals surface area contributed by atoms with E-state index >= 15 is 0 Å². The highest BCUT2D eigenvalue weighted by molar-refractivity contribution is 6.31. The molecule has 2 aromatic heterocycles. The molecule has 0 spiro atoms. The first-order chi connectivity index (χ1) is 12.7. The van der Waals surface area contributed by atoms with Crippen molar-refractivity contribution in [3.8, 4) is 0 Å². The molecule has 0 amide bonds. The number of aliphatic hydroxyl groups is 1. The number of nitrogens with zero attached hydrogens (tertiary/aromatic N) is 3. The number of hydrogen-bond acceptors (Lipinski definition) is 7. The van der Waals surface area contributed by atoms with Gasteiger partial charge < -0.3 is 21.1 Å². The number of aliphatic hydroxyl groups excluding tert-OH is 1. The minimum atomic E-state index is 0.0368. The largest absolute Gasteiger partial charge is 0.395 e. The average molecular weight is 373 g/mol. The molecule has 1 aromatic carbocycles. The van der Waals surface area contributed by atoms with Crippen LogP contribution < -0.4 is 16.0 Å². The fourth-order valence-corrected chi connectivity index (χ4v) is 2.74. The molecule has 0 saturated heterocycles. The second kappa shape index (κ2) is 8.64. The summed E-state index contributed by atoms with van der Waals surface area (Å²) < 4.78 is 0. The maximum Gasteiger partial charge on any atom is 0.224 e. The van der Waals surface area contributed by atoms with Crippen LogP contribution in [0.15, 0.2) is 36.5 Å². The van der Waals surface area contributed by atoms with Crippen molar-refractivity contribution in [1.82, 2.24) is 15.0 Å². The summed E-state index contributed by atoms with van der Waals surface area (Å²) in [7, 11) is 0. The monoisotopic (exact) mass is 372 g/mol. The van der Waals surface area contributed by atoms with Crippen LogP contribution in [-0.2, 0) is 0 Å². The predicted molar refractivity (Wildman–Crippen MR) is 106 cm³/mol. The van der Waals surface area contributed by atoms with Gasteiger partial charge in [0.25, 0.3) is 0 Å². The molecule has 0 bridgehead atoms. The summed E-state index contributed by atoms with van der Waals surface area (Å²) in [5.41, 5.74) is 2.73. The maximum atomic E-state index is 8.88. The van der Waals surface area contributed by atoms with Gasteiger partial charge in [-0.15, -0.1) is 0 Å². The number of pyridine rings is 1. The average Bonchev–Trinajstić information content (AvgIpc) is 2.63. The Morgan fingerprint density at radius 1 is 1.00 bits per heavy atom. The van der Waals surface area contributed by atoms with Gasteiger partial charge in [-0.05, 0) is 31.2 Å². The SMILES string of the molecule is Cc1cc(NCCNc2ccnc3cc(Cl)ccc23)nc(NCCO)n1. The molecule has 0 aliphatic heterocycles. The van der Waals surface area contributed by atoms with Gasteiger partial charge >= 0.3 is 0 Å². The smallest absolute Gasteiger partial charge is 0.224 e. The van der Waals surface area contributed by atoms with Gasteiger partial charge in [0, 0.05) is 53.7 Å². The number of fused-ring (bicyclic) bond motifs is 1. The van der Waals surface area contributed by atoms with E-state index in [2.05, 4.69) is 30.9 Å². The number of halogens is 1. The molecule has 4 N–H and O–H groups in total. The molecule has 0 aliphatic rings. The van der Waals surface area contributed by atoms with Crippen LogP contribution in [-0.4, -0.2) is 46.3 Å². The Balaban J connectivity index is 1.58. The summed E-state index contributed by atoms with van der Waals surface area (Å²) in [6, 6.07) is 9.51. The number of aryl methyl sites for hydroxylation is 1. The van der Waals surface area contributed by atoms with Crippen LogP contribution in [0.3, 0.4) is 0 Å². The molecule has 0 fully saturated rings. The molecule has 0 radical (unpaired) electrons. The quantitative estimate of drug-likeness (QED) is 0.451. The summed E-state index contributed by atoms with van der Waals surface area (Å²) in [6.07, 6.45) is 1.77. The van der Waals surface area contributed by atoms with Crippen LogP contribution in [0.4, 0.5) is 17.5 Å². The third-order valence-electron chi connectivity index (χ3n) is 3.70. The van der Waals surface area contributed by atoms with Gasteiger partial charge in [-0.3, -0.25) is 4.98 Å². The van der Waals surface area contributed by atoms with Crippen molar-refractivity contribution in [3.05, 3.63) is 47.2 Å². The molecule has 26 heavy (non-hydrogen) atoms. The van der Waals surface area contributed by atoms with E-state index < -0.39 is 0 Å². The normalized spacial score (nSPS) is 10.7. The Hall–Kier alpha value is -2.64. The Bertz CT molecular complexity index is 889. The summed E-state index contributed by atoms with van der Waals surface area (Å²) in [5, 5.41) is 20.2. The lowest BCUT2D eigenvalue weighted by Crippen LogP contribution is -2.16. The lowest BCUT2D eigenvalue weighted by Gasteiger charge is -2.12. The van der Waals surface area contributed by atoms with Crippen molar-refractivity contribution in [3.63, 3.8) is 0 Å². The highest BCUT2D eigenvalue weighted by atomic mass is 35.5.